The Labute approximate surface area is 79.4 Å². The molecule has 1 unspecified atom stereocenters. The number of ether oxygens (including phenoxy) is 2. The van der Waals surface area contributed by atoms with E-state index in [0.717, 1.165) is 12.7 Å². The Morgan fingerprint density at radius 3 is 2.23 bits per heavy atom. The standard InChI is InChI=1S/C10H18O3/c1-10(2)7(8(10)6-11)5-9(12-3)13-4/h6-9H,5H2,1-4H3/t7?,8-/m1/s1. The number of hydrogen-bond donors (Lipinski definition) is 0. The van der Waals surface area contributed by atoms with Gasteiger partial charge in [-0.05, 0) is 11.3 Å². The fraction of sp³-hybridized carbons (Fsp3) is 0.900. The van der Waals surface area contributed by atoms with Gasteiger partial charge in [-0.2, -0.15) is 0 Å². The summed E-state index contributed by atoms with van der Waals surface area (Å²) in [7, 11) is 3.25. The van der Waals surface area contributed by atoms with Crippen molar-refractivity contribution in [2.75, 3.05) is 14.2 Å². The molecule has 2 atom stereocenters. The predicted molar refractivity (Wildman–Crippen MR) is 49.2 cm³/mol. The molecule has 3 heteroatoms. The molecule has 0 N–H and O–H groups in total. The van der Waals surface area contributed by atoms with Gasteiger partial charge in [-0.25, -0.2) is 0 Å². The largest absolute Gasteiger partial charge is 0.356 e. The Kier molecular flexibility index (Phi) is 3.09. The molecule has 76 valence electrons. The lowest BCUT2D eigenvalue weighted by molar-refractivity contribution is -0.113. The van der Waals surface area contributed by atoms with Crippen molar-refractivity contribution in [2.24, 2.45) is 17.3 Å². The lowest BCUT2D eigenvalue weighted by Crippen LogP contribution is -2.14. The molecule has 0 radical (unpaired) electrons. The van der Waals surface area contributed by atoms with E-state index in [9.17, 15) is 4.79 Å². The second-order valence-corrected chi connectivity index (χ2v) is 4.23. The van der Waals surface area contributed by atoms with Crippen LogP contribution in [0.15, 0.2) is 0 Å². The highest BCUT2D eigenvalue weighted by molar-refractivity contribution is 5.61. The highest BCUT2D eigenvalue weighted by Gasteiger charge is 2.57. The minimum absolute atomic E-state index is 0.136. The highest BCUT2D eigenvalue weighted by Crippen LogP contribution is 2.59. The number of carbonyl (C=O) groups is 1. The van der Waals surface area contributed by atoms with Crippen molar-refractivity contribution >= 4 is 6.29 Å². The number of rotatable bonds is 5. The Balaban J connectivity index is 2.43. The van der Waals surface area contributed by atoms with Gasteiger partial charge >= 0.3 is 0 Å². The van der Waals surface area contributed by atoms with Gasteiger partial charge < -0.3 is 14.3 Å². The topological polar surface area (TPSA) is 35.5 Å². The molecule has 0 bridgehead atoms. The molecule has 1 saturated carbocycles. The maximum Gasteiger partial charge on any atom is 0.157 e. The summed E-state index contributed by atoms with van der Waals surface area (Å²) in [6.07, 6.45) is 1.69. The fourth-order valence-corrected chi connectivity index (χ4v) is 2.00. The summed E-state index contributed by atoms with van der Waals surface area (Å²) in [4.78, 5) is 10.7. The van der Waals surface area contributed by atoms with Gasteiger partial charge in [-0.3, -0.25) is 0 Å². The number of hydrogen-bond acceptors (Lipinski definition) is 3. The summed E-state index contributed by atoms with van der Waals surface area (Å²) in [6, 6.07) is 0. The van der Waals surface area contributed by atoms with Crippen molar-refractivity contribution in [2.45, 2.75) is 26.6 Å². The minimum atomic E-state index is -0.172. The van der Waals surface area contributed by atoms with Gasteiger partial charge in [-0.1, -0.05) is 13.8 Å². The third kappa shape index (κ3) is 1.92. The second kappa shape index (κ2) is 3.76. The van der Waals surface area contributed by atoms with Gasteiger partial charge in [0.15, 0.2) is 6.29 Å². The SMILES string of the molecule is COC(CC1[C@@H](C=O)C1(C)C)OC. The zero-order chi connectivity index (χ0) is 10.1. The lowest BCUT2D eigenvalue weighted by Gasteiger charge is -2.13. The maximum absolute atomic E-state index is 10.7. The van der Waals surface area contributed by atoms with Crippen molar-refractivity contribution in [3.63, 3.8) is 0 Å². The molecule has 0 aliphatic heterocycles. The molecule has 0 saturated heterocycles. The smallest absolute Gasteiger partial charge is 0.157 e. The van der Waals surface area contributed by atoms with Gasteiger partial charge in [0.05, 0.1) is 0 Å². The Morgan fingerprint density at radius 1 is 1.38 bits per heavy atom. The molecule has 0 spiro atoms. The summed E-state index contributed by atoms with van der Waals surface area (Å²) in [5, 5.41) is 0. The van der Waals surface area contributed by atoms with Crippen LogP contribution in [-0.4, -0.2) is 26.8 Å². The van der Waals surface area contributed by atoms with Crippen LogP contribution in [0.2, 0.25) is 0 Å². The summed E-state index contributed by atoms with van der Waals surface area (Å²) >= 11 is 0. The van der Waals surface area contributed by atoms with E-state index in [4.69, 9.17) is 9.47 Å². The molecule has 0 aromatic heterocycles. The van der Waals surface area contributed by atoms with Gasteiger partial charge in [-0.15, -0.1) is 0 Å². The zero-order valence-electron chi connectivity index (χ0n) is 8.74. The van der Waals surface area contributed by atoms with E-state index in [-0.39, 0.29) is 17.6 Å². The van der Waals surface area contributed by atoms with Crippen LogP contribution in [0.25, 0.3) is 0 Å². The maximum atomic E-state index is 10.7. The second-order valence-electron chi connectivity index (χ2n) is 4.23. The van der Waals surface area contributed by atoms with Crippen molar-refractivity contribution in [3.05, 3.63) is 0 Å². The van der Waals surface area contributed by atoms with Crippen LogP contribution in [-0.2, 0) is 14.3 Å². The van der Waals surface area contributed by atoms with E-state index in [1.807, 2.05) is 0 Å². The van der Waals surface area contributed by atoms with Gasteiger partial charge in [0.1, 0.15) is 6.29 Å². The van der Waals surface area contributed by atoms with Crippen LogP contribution in [0, 0.1) is 17.3 Å². The van der Waals surface area contributed by atoms with Crippen LogP contribution in [0.3, 0.4) is 0 Å². The van der Waals surface area contributed by atoms with E-state index < -0.39 is 0 Å². The molecule has 0 aromatic carbocycles. The number of carbonyl (C=O) groups excluding carboxylic acids is 1. The van der Waals surface area contributed by atoms with E-state index in [2.05, 4.69) is 13.8 Å². The van der Waals surface area contributed by atoms with Crippen LogP contribution < -0.4 is 0 Å². The zero-order valence-corrected chi connectivity index (χ0v) is 8.74. The molecule has 3 nitrogen and oxygen atoms in total. The van der Waals surface area contributed by atoms with Crippen LogP contribution >= 0.6 is 0 Å². The van der Waals surface area contributed by atoms with Crippen LogP contribution in [0.4, 0.5) is 0 Å². The van der Waals surface area contributed by atoms with Crippen molar-refractivity contribution < 1.29 is 14.3 Å². The average Bonchev–Trinajstić information content (AvgIpc) is 2.63. The van der Waals surface area contributed by atoms with E-state index in [0.29, 0.717) is 5.92 Å². The van der Waals surface area contributed by atoms with E-state index >= 15 is 0 Å². The van der Waals surface area contributed by atoms with E-state index in [1.54, 1.807) is 14.2 Å². The third-order valence-corrected chi connectivity index (χ3v) is 3.26. The molecule has 0 heterocycles. The third-order valence-electron chi connectivity index (χ3n) is 3.26. The first-order valence-electron chi connectivity index (χ1n) is 4.58. The van der Waals surface area contributed by atoms with Gasteiger partial charge in [0.25, 0.3) is 0 Å². The Hall–Kier alpha value is -0.410. The van der Waals surface area contributed by atoms with E-state index in [1.165, 1.54) is 0 Å². The van der Waals surface area contributed by atoms with Crippen LogP contribution in [0.5, 0.6) is 0 Å². The molecule has 1 rings (SSSR count). The molecule has 1 aliphatic rings. The monoisotopic (exact) mass is 186 g/mol. The molecular weight excluding hydrogens is 168 g/mol. The minimum Gasteiger partial charge on any atom is -0.356 e. The summed E-state index contributed by atoms with van der Waals surface area (Å²) in [5.74, 6) is 0.593. The van der Waals surface area contributed by atoms with Crippen molar-refractivity contribution in [1.82, 2.24) is 0 Å². The number of aldehydes is 1. The van der Waals surface area contributed by atoms with Crippen LogP contribution in [0.1, 0.15) is 20.3 Å². The van der Waals surface area contributed by atoms with Crippen molar-refractivity contribution in [1.29, 1.82) is 0 Å². The molecule has 1 fully saturated rings. The summed E-state index contributed by atoms with van der Waals surface area (Å²) in [5.41, 5.74) is 0.136. The molecule has 13 heavy (non-hydrogen) atoms. The quantitative estimate of drug-likeness (QED) is 0.482. The first kappa shape index (κ1) is 10.7. The first-order chi connectivity index (χ1) is 6.07. The average molecular weight is 186 g/mol. The predicted octanol–water partition coefficient (Wildman–Crippen LogP) is 1.47. The summed E-state index contributed by atoms with van der Waals surface area (Å²) in [6.45, 7) is 4.22. The fourth-order valence-electron chi connectivity index (χ4n) is 2.00. The normalized spacial score (nSPS) is 30.5. The molecule has 0 aromatic rings. The van der Waals surface area contributed by atoms with Gasteiger partial charge in [0, 0.05) is 26.6 Å². The van der Waals surface area contributed by atoms with Crippen molar-refractivity contribution in [3.8, 4) is 0 Å². The molecule has 0 amide bonds. The Bertz CT molecular complexity index is 185. The lowest BCUT2D eigenvalue weighted by atomic mass is 10.1. The summed E-state index contributed by atoms with van der Waals surface area (Å²) < 4.78 is 10.2. The van der Waals surface area contributed by atoms with Gasteiger partial charge in [0.2, 0.25) is 0 Å². The Morgan fingerprint density at radius 2 is 1.92 bits per heavy atom. The number of methoxy groups -OCH3 is 2. The highest BCUT2D eigenvalue weighted by atomic mass is 16.7. The first-order valence-corrected chi connectivity index (χ1v) is 4.58. The molecule has 1 aliphatic carbocycles. The molecular formula is C10H18O3.